The van der Waals surface area contributed by atoms with Crippen LogP contribution in [0.15, 0.2) is 67.3 Å². The summed E-state index contributed by atoms with van der Waals surface area (Å²) < 4.78 is 11.0. The number of nitrogens with zero attached hydrogens (tertiary/aromatic N) is 1. The molecule has 2 atom stereocenters. The molecule has 3 rings (SSSR count). The fraction of sp³-hybridized carbons (Fsp3) is 0.318. The number of carbonyl (C=O) groups is 1. The molecule has 0 spiro atoms. The average molecular weight is 351 g/mol. The Hall–Kier alpha value is -2.43. The highest BCUT2D eigenvalue weighted by Crippen LogP contribution is 2.39. The maximum Gasteiger partial charge on any atom is 0.145 e. The Labute approximate surface area is 155 Å². The van der Waals surface area contributed by atoms with E-state index in [0.29, 0.717) is 26.2 Å². The smallest absolute Gasteiger partial charge is 0.145 e. The van der Waals surface area contributed by atoms with Crippen molar-refractivity contribution in [2.24, 2.45) is 0 Å². The van der Waals surface area contributed by atoms with Crippen molar-refractivity contribution in [1.29, 1.82) is 0 Å². The summed E-state index contributed by atoms with van der Waals surface area (Å²) in [6, 6.07) is 17.9. The van der Waals surface area contributed by atoms with Crippen LogP contribution in [0.3, 0.4) is 0 Å². The average Bonchev–Trinajstić information content (AvgIpc) is 2.73. The third kappa shape index (κ3) is 3.43. The number of ether oxygens (including phenoxy) is 2. The summed E-state index contributed by atoms with van der Waals surface area (Å²) in [7, 11) is 1.65. The van der Waals surface area contributed by atoms with E-state index >= 15 is 0 Å². The number of rotatable bonds is 7. The van der Waals surface area contributed by atoms with Crippen molar-refractivity contribution in [3.63, 3.8) is 0 Å². The fourth-order valence-corrected chi connectivity index (χ4v) is 3.72. The number of aldehydes is 1. The summed E-state index contributed by atoms with van der Waals surface area (Å²) in [5, 5.41) is 0. The molecule has 2 unspecified atom stereocenters. The minimum absolute atomic E-state index is 0.0139. The summed E-state index contributed by atoms with van der Waals surface area (Å²) in [6.45, 7) is 5.73. The van der Waals surface area contributed by atoms with Crippen LogP contribution in [0.4, 0.5) is 0 Å². The van der Waals surface area contributed by atoms with Gasteiger partial charge in [0.25, 0.3) is 0 Å². The molecule has 1 saturated heterocycles. The predicted octanol–water partition coefficient (Wildman–Crippen LogP) is 3.74. The molecule has 0 radical (unpaired) electrons. The minimum Gasteiger partial charge on any atom is -0.497 e. The normalized spacial score (nSPS) is 20.1. The van der Waals surface area contributed by atoms with Crippen LogP contribution in [0.25, 0.3) is 0 Å². The van der Waals surface area contributed by atoms with Gasteiger partial charge in [0, 0.05) is 6.54 Å². The molecule has 1 aliphatic rings. The lowest BCUT2D eigenvalue weighted by molar-refractivity contribution is -0.128. The van der Waals surface area contributed by atoms with E-state index in [2.05, 4.69) is 11.5 Å². The highest BCUT2D eigenvalue weighted by atomic mass is 16.5. The molecule has 0 bridgehead atoms. The molecule has 0 amide bonds. The van der Waals surface area contributed by atoms with E-state index in [1.54, 1.807) is 7.11 Å². The Kier molecular flexibility index (Phi) is 5.86. The first-order chi connectivity index (χ1) is 12.7. The van der Waals surface area contributed by atoms with Gasteiger partial charge in [-0.1, -0.05) is 48.5 Å². The second-order valence-corrected chi connectivity index (χ2v) is 6.46. The van der Waals surface area contributed by atoms with Gasteiger partial charge in [-0.2, -0.15) is 0 Å². The molecular formula is C22H25NO3. The molecule has 4 nitrogen and oxygen atoms in total. The highest BCUT2D eigenvalue weighted by molar-refractivity contribution is 5.68. The monoisotopic (exact) mass is 351 g/mol. The molecular weight excluding hydrogens is 326 g/mol. The van der Waals surface area contributed by atoms with E-state index in [1.807, 2.05) is 60.7 Å². The van der Waals surface area contributed by atoms with Crippen LogP contribution >= 0.6 is 0 Å². The van der Waals surface area contributed by atoms with Crippen molar-refractivity contribution < 1.29 is 14.3 Å². The van der Waals surface area contributed by atoms with Gasteiger partial charge in [-0.05, 0) is 29.7 Å². The summed E-state index contributed by atoms with van der Waals surface area (Å²) in [5.41, 5.74) is 1.34. The molecule has 1 fully saturated rings. The number of hydrogen-bond donors (Lipinski definition) is 0. The number of morpholine rings is 1. The SMILES string of the molecule is C=CCC(C=O)(c1ccccc1)N1CCOCC1c1ccc(OC)cc1. The Morgan fingerprint density at radius 1 is 1.23 bits per heavy atom. The Morgan fingerprint density at radius 3 is 2.58 bits per heavy atom. The van der Waals surface area contributed by atoms with Gasteiger partial charge in [0.2, 0.25) is 0 Å². The topological polar surface area (TPSA) is 38.8 Å². The number of hydrogen-bond acceptors (Lipinski definition) is 4. The number of carbonyl (C=O) groups excluding carboxylic acids is 1. The molecule has 4 heteroatoms. The van der Waals surface area contributed by atoms with Gasteiger partial charge in [0.1, 0.15) is 17.6 Å². The van der Waals surface area contributed by atoms with Crippen LogP contribution in [0.5, 0.6) is 5.75 Å². The van der Waals surface area contributed by atoms with Crippen molar-refractivity contribution in [2.45, 2.75) is 18.0 Å². The molecule has 1 aliphatic heterocycles. The van der Waals surface area contributed by atoms with Gasteiger partial charge in [0.15, 0.2) is 0 Å². The van der Waals surface area contributed by atoms with Gasteiger partial charge >= 0.3 is 0 Å². The highest BCUT2D eigenvalue weighted by Gasteiger charge is 2.43. The zero-order valence-corrected chi connectivity index (χ0v) is 15.1. The maximum atomic E-state index is 12.4. The largest absolute Gasteiger partial charge is 0.497 e. The van der Waals surface area contributed by atoms with Crippen molar-refractivity contribution in [3.05, 3.63) is 78.4 Å². The van der Waals surface area contributed by atoms with Gasteiger partial charge in [-0.15, -0.1) is 6.58 Å². The molecule has 1 heterocycles. The van der Waals surface area contributed by atoms with Crippen molar-refractivity contribution >= 4 is 6.29 Å². The third-order valence-corrected chi connectivity index (χ3v) is 5.07. The lowest BCUT2D eigenvalue weighted by Crippen LogP contribution is -2.53. The van der Waals surface area contributed by atoms with Crippen LogP contribution in [0.1, 0.15) is 23.6 Å². The molecule has 0 aliphatic carbocycles. The first kappa shape index (κ1) is 18.4. The number of benzene rings is 2. The molecule has 0 saturated carbocycles. The molecule has 2 aromatic rings. The van der Waals surface area contributed by atoms with E-state index in [-0.39, 0.29) is 6.04 Å². The second-order valence-electron chi connectivity index (χ2n) is 6.46. The van der Waals surface area contributed by atoms with E-state index < -0.39 is 5.54 Å². The minimum atomic E-state index is -0.753. The van der Waals surface area contributed by atoms with E-state index in [9.17, 15) is 4.79 Å². The first-order valence-electron chi connectivity index (χ1n) is 8.86. The van der Waals surface area contributed by atoms with Gasteiger partial charge in [-0.3, -0.25) is 4.90 Å². The summed E-state index contributed by atoms with van der Waals surface area (Å²) in [5.74, 6) is 0.813. The van der Waals surface area contributed by atoms with Crippen molar-refractivity contribution in [3.8, 4) is 5.75 Å². The van der Waals surface area contributed by atoms with Crippen LogP contribution in [-0.4, -0.2) is 38.1 Å². The number of methoxy groups -OCH3 is 1. The van der Waals surface area contributed by atoms with Gasteiger partial charge < -0.3 is 14.3 Å². The third-order valence-electron chi connectivity index (χ3n) is 5.07. The van der Waals surface area contributed by atoms with Crippen LogP contribution in [0.2, 0.25) is 0 Å². The zero-order chi connectivity index (χ0) is 18.4. The molecule has 0 aromatic heterocycles. The summed E-state index contributed by atoms with van der Waals surface area (Å²) in [4.78, 5) is 14.7. The first-order valence-corrected chi connectivity index (χ1v) is 8.86. The van der Waals surface area contributed by atoms with Crippen LogP contribution in [-0.2, 0) is 15.1 Å². The van der Waals surface area contributed by atoms with E-state index in [1.165, 1.54) is 0 Å². The molecule has 26 heavy (non-hydrogen) atoms. The Balaban J connectivity index is 2.04. The summed E-state index contributed by atoms with van der Waals surface area (Å²) >= 11 is 0. The zero-order valence-electron chi connectivity index (χ0n) is 15.1. The van der Waals surface area contributed by atoms with Crippen molar-refractivity contribution in [2.75, 3.05) is 26.9 Å². The van der Waals surface area contributed by atoms with E-state index in [0.717, 1.165) is 23.2 Å². The quantitative estimate of drug-likeness (QED) is 0.563. The van der Waals surface area contributed by atoms with Crippen LogP contribution < -0.4 is 4.74 Å². The maximum absolute atomic E-state index is 12.4. The Bertz CT molecular complexity index is 729. The standard InChI is InChI=1S/C22H25NO3/c1-3-13-22(17-24,19-7-5-4-6-8-19)23-14-15-26-16-21(23)18-9-11-20(25-2)12-10-18/h3-12,17,21H,1,13-16H2,2H3. The summed E-state index contributed by atoms with van der Waals surface area (Å²) in [6.07, 6.45) is 3.43. The molecule has 2 aromatic carbocycles. The molecule has 0 N–H and O–H groups in total. The van der Waals surface area contributed by atoms with Crippen molar-refractivity contribution in [1.82, 2.24) is 4.90 Å². The predicted molar refractivity (Wildman–Crippen MR) is 102 cm³/mol. The Morgan fingerprint density at radius 2 is 1.96 bits per heavy atom. The van der Waals surface area contributed by atoms with E-state index in [4.69, 9.17) is 9.47 Å². The van der Waals surface area contributed by atoms with Crippen LogP contribution in [0, 0.1) is 0 Å². The van der Waals surface area contributed by atoms with Gasteiger partial charge in [-0.25, -0.2) is 0 Å². The second kappa shape index (κ2) is 8.30. The lowest BCUT2D eigenvalue weighted by Gasteiger charge is -2.47. The van der Waals surface area contributed by atoms with Gasteiger partial charge in [0.05, 0.1) is 26.4 Å². The lowest BCUT2D eigenvalue weighted by atomic mass is 9.83. The fourth-order valence-electron chi connectivity index (χ4n) is 3.72. The molecule has 136 valence electrons.